The van der Waals surface area contributed by atoms with Gasteiger partial charge in [0.05, 0.1) is 11.5 Å². The highest BCUT2D eigenvalue weighted by Crippen LogP contribution is 2.38. The summed E-state index contributed by atoms with van der Waals surface area (Å²) in [4.78, 5) is 14.8. The number of rotatable bonds is 4. The van der Waals surface area contributed by atoms with Crippen LogP contribution in [0.3, 0.4) is 0 Å². The molecule has 0 radical (unpaired) electrons. The van der Waals surface area contributed by atoms with E-state index in [2.05, 4.69) is 19.1 Å². The molecule has 2 rings (SSSR count). The molecule has 1 aliphatic carbocycles. The first-order chi connectivity index (χ1) is 9.60. The number of amides is 1. The molecule has 0 heterocycles. The SMILES string of the molecule is CC(c1ccccc1)N(C)C(=O)C1(CN)CCCCC1. The summed E-state index contributed by atoms with van der Waals surface area (Å²) in [5, 5.41) is 0. The third-order valence-corrected chi connectivity index (χ3v) is 4.84. The van der Waals surface area contributed by atoms with Crippen LogP contribution in [0.1, 0.15) is 50.6 Å². The van der Waals surface area contributed by atoms with Crippen LogP contribution in [-0.2, 0) is 4.79 Å². The van der Waals surface area contributed by atoms with Crippen molar-refractivity contribution in [1.29, 1.82) is 0 Å². The van der Waals surface area contributed by atoms with E-state index in [1.165, 1.54) is 12.0 Å². The summed E-state index contributed by atoms with van der Waals surface area (Å²) in [6.45, 7) is 2.55. The van der Waals surface area contributed by atoms with E-state index < -0.39 is 0 Å². The number of hydrogen-bond donors (Lipinski definition) is 1. The summed E-state index contributed by atoms with van der Waals surface area (Å²) >= 11 is 0. The van der Waals surface area contributed by atoms with Gasteiger partial charge in [-0.2, -0.15) is 0 Å². The zero-order valence-electron chi connectivity index (χ0n) is 12.6. The van der Waals surface area contributed by atoms with Crippen molar-refractivity contribution in [1.82, 2.24) is 4.90 Å². The van der Waals surface area contributed by atoms with Gasteiger partial charge < -0.3 is 10.6 Å². The molecule has 20 heavy (non-hydrogen) atoms. The van der Waals surface area contributed by atoms with Crippen molar-refractivity contribution < 1.29 is 4.79 Å². The zero-order valence-corrected chi connectivity index (χ0v) is 12.6. The van der Waals surface area contributed by atoms with Crippen molar-refractivity contribution in [2.45, 2.75) is 45.1 Å². The lowest BCUT2D eigenvalue weighted by Gasteiger charge is -2.39. The van der Waals surface area contributed by atoms with Crippen molar-refractivity contribution >= 4 is 5.91 Å². The highest BCUT2D eigenvalue weighted by molar-refractivity contribution is 5.83. The van der Waals surface area contributed by atoms with Gasteiger partial charge in [0.15, 0.2) is 0 Å². The molecule has 3 heteroatoms. The van der Waals surface area contributed by atoms with Crippen LogP contribution < -0.4 is 5.73 Å². The molecule has 0 bridgehead atoms. The van der Waals surface area contributed by atoms with Gasteiger partial charge in [-0.25, -0.2) is 0 Å². The summed E-state index contributed by atoms with van der Waals surface area (Å²) in [6.07, 6.45) is 5.35. The maximum absolute atomic E-state index is 12.9. The number of hydrogen-bond acceptors (Lipinski definition) is 2. The third-order valence-electron chi connectivity index (χ3n) is 4.84. The molecule has 1 saturated carbocycles. The minimum atomic E-state index is -0.323. The Labute approximate surface area is 122 Å². The van der Waals surface area contributed by atoms with E-state index in [4.69, 9.17) is 5.73 Å². The fraction of sp³-hybridized carbons (Fsp3) is 0.588. The second-order valence-corrected chi connectivity index (χ2v) is 6.05. The van der Waals surface area contributed by atoms with Crippen LogP contribution in [-0.4, -0.2) is 24.4 Å². The quantitative estimate of drug-likeness (QED) is 0.917. The van der Waals surface area contributed by atoms with Gasteiger partial charge >= 0.3 is 0 Å². The second-order valence-electron chi connectivity index (χ2n) is 6.05. The molecule has 2 N–H and O–H groups in total. The maximum atomic E-state index is 12.9. The molecule has 1 fully saturated rings. The molecule has 0 spiro atoms. The average molecular weight is 274 g/mol. The van der Waals surface area contributed by atoms with E-state index in [0.717, 1.165) is 25.7 Å². The first-order valence-electron chi connectivity index (χ1n) is 7.63. The summed E-state index contributed by atoms with van der Waals surface area (Å²) < 4.78 is 0. The van der Waals surface area contributed by atoms with Gasteiger partial charge in [-0.1, -0.05) is 49.6 Å². The molecule has 3 nitrogen and oxygen atoms in total. The Morgan fingerprint density at radius 1 is 1.25 bits per heavy atom. The van der Waals surface area contributed by atoms with Gasteiger partial charge in [0.25, 0.3) is 0 Å². The predicted molar refractivity (Wildman–Crippen MR) is 82.2 cm³/mol. The van der Waals surface area contributed by atoms with E-state index in [9.17, 15) is 4.79 Å². The van der Waals surface area contributed by atoms with Crippen LogP contribution in [0.15, 0.2) is 30.3 Å². The van der Waals surface area contributed by atoms with Crippen LogP contribution in [0.25, 0.3) is 0 Å². The summed E-state index contributed by atoms with van der Waals surface area (Å²) in [7, 11) is 1.91. The number of nitrogens with zero attached hydrogens (tertiary/aromatic N) is 1. The predicted octanol–water partition coefficient (Wildman–Crippen LogP) is 3.12. The van der Waals surface area contributed by atoms with Crippen LogP contribution in [0.2, 0.25) is 0 Å². The van der Waals surface area contributed by atoms with E-state index >= 15 is 0 Å². The highest BCUT2D eigenvalue weighted by Gasteiger charge is 2.40. The summed E-state index contributed by atoms with van der Waals surface area (Å²) in [5.41, 5.74) is 6.82. The van der Waals surface area contributed by atoms with Crippen molar-refractivity contribution in [2.24, 2.45) is 11.1 Å². The topological polar surface area (TPSA) is 46.3 Å². The zero-order chi connectivity index (χ0) is 14.6. The standard InChI is InChI=1S/C17H26N2O/c1-14(15-9-5-3-6-10-15)19(2)16(20)17(13-18)11-7-4-8-12-17/h3,5-6,9-10,14H,4,7-8,11-13,18H2,1-2H3. The Morgan fingerprint density at radius 2 is 1.85 bits per heavy atom. The van der Waals surface area contributed by atoms with Crippen LogP contribution in [0.5, 0.6) is 0 Å². The fourth-order valence-electron chi connectivity index (χ4n) is 3.24. The van der Waals surface area contributed by atoms with E-state index in [1.807, 2.05) is 30.1 Å². The summed E-state index contributed by atoms with van der Waals surface area (Å²) in [6, 6.07) is 10.3. The molecule has 1 aliphatic rings. The van der Waals surface area contributed by atoms with E-state index in [0.29, 0.717) is 6.54 Å². The lowest BCUT2D eigenvalue weighted by atomic mass is 9.73. The van der Waals surface area contributed by atoms with Gasteiger partial charge in [0.2, 0.25) is 5.91 Å². The van der Waals surface area contributed by atoms with E-state index in [-0.39, 0.29) is 17.4 Å². The Balaban J connectivity index is 2.15. The molecule has 1 amide bonds. The molecular weight excluding hydrogens is 248 g/mol. The van der Waals surface area contributed by atoms with Crippen molar-refractivity contribution in [2.75, 3.05) is 13.6 Å². The second kappa shape index (κ2) is 6.40. The first kappa shape index (κ1) is 15.0. The smallest absolute Gasteiger partial charge is 0.230 e. The third kappa shape index (κ3) is 2.88. The number of carbonyl (C=O) groups excluding carboxylic acids is 1. The Morgan fingerprint density at radius 3 is 2.40 bits per heavy atom. The largest absolute Gasteiger partial charge is 0.338 e. The van der Waals surface area contributed by atoms with Crippen molar-refractivity contribution in [3.8, 4) is 0 Å². The monoisotopic (exact) mass is 274 g/mol. The molecule has 0 aliphatic heterocycles. The molecular formula is C17H26N2O. The minimum Gasteiger partial charge on any atom is -0.338 e. The van der Waals surface area contributed by atoms with Crippen LogP contribution in [0.4, 0.5) is 0 Å². The molecule has 1 unspecified atom stereocenters. The van der Waals surface area contributed by atoms with Crippen LogP contribution >= 0.6 is 0 Å². The van der Waals surface area contributed by atoms with Gasteiger partial charge in [-0.15, -0.1) is 0 Å². The lowest BCUT2D eigenvalue weighted by Crippen LogP contribution is -2.48. The number of nitrogens with two attached hydrogens (primary N) is 1. The number of benzene rings is 1. The molecule has 0 saturated heterocycles. The van der Waals surface area contributed by atoms with Crippen LogP contribution in [0, 0.1) is 5.41 Å². The Bertz CT molecular complexity index is 438. The summed E-state index contributed by atoms with van der Waals surface area (Å²) in [5.74, 6) is 0.219. The molecule has 1 aromatic carbocycles. The molecule has 0 aromatic heterocycles. The Hall–Kier alpha value is -1.35. The minimum absolute atomic E-state index is 0.0917. The maximum Gasteiger partial charge on any atom is 0.230 e. The fourth-order valence-corrected chi connectivity index (χ4v) is 3.24. The average Bonchev–Trinajstić information content (AvgIpc) is 2.54. The number of carbonyl (C=O) groups is 1. The first-order valence-corrected chi connectivity index (χ1v) is 7.63. The normalized spacial score (nSPS) is 19.4. The molecule has 110 valence electrons. The van der Waals surface area contributed by atoms with Gasteiger partial charge in [-0.05, 0) is 25.3 Å². The van der Waals surface area contributed by atoms with Gasteiger partial charge in [0.1, 0.15) is 0 Å². The van der Waals surface area contributed by atoms with E-state index in [1.54, 1.807) is 0 Å². The van der Waals surface area contributed by atoms with Crippen molar-refractivity contribution in [3.05, 3.63) is 35.9 Å². The van der Waals surface area contributed by atoms with Gasteiger partial charge in [0, 0.05) is 13.6 Å². The van der Waals surface area contributed by atoms with Crippen molar-refractivity contribution in [3.63, 3.8) is 0 Å². The molecule has 1 atom stereocenters. The van der Waals surface area contributed by atoms with Gasteiger partial charge in [-0.3, -0.25) is 4.79 Å². The molecule has 1 aromatic rings. The Kier molecular flexibility index (Phi) is 4.81. The lowest BCUT2D eigenvalue weighted by molar-refractivity contribution is -0.144. The highest BCUT2D eigenvalue weighted by atomic mass is 16.2.